The van der Waals surface area contributed by atoms with Gasteiger partial charge < -0.3 is 10.8 Å². The number of aliphatic hydroxyl groups excluding tert-OH is 1. The highest BCUT2D eigenvalue weighted by atomic mass is 32.1. The van der Waals surface area contributed by atoms with Crippen molar-refractivity contribution >= 4 is 17.2 Å². The van der Waals surface area contributed by atoms with Crippen molar-refractivity contribution < 1.29 is 9.50 Å². The van der Waals surface area contributed by atoms with Gasteiger partial charge in [-0.3, -0.25) is 4.90 Å². The summed E-state index contributed by atoms with van der Waals surface area (Å²) < 4.78 is 13.3. The number of nitrogens with zero attached hydrogens (tertiary/aromatic N) is 1. The maximum absolute atomic E-state index is 13.3. The lowest BCUT2D eigenvalue weighted by Crippen LogP contribution is -2.43. The first kappa shape index (κ1) is 15.0. The molecule has 0 aliphatic carbocycles. The van der Waals surface area contributed by atoms with E-state index < -0.39 is 0 Å². The molecular weight excluding hydrogens is 251 g/mol. The van der Waals surface area contributed by atoms with Crippen LogP contribution in [-0.4, -0.2) is 34.2 Å². The average Bonchev–Trinajstić information content (AvgIpc) is 2.28. The largest absolute Gasteiger partial charge is 0.394 e. The van der Waals surface area contributed by atoms with Crippen LogP contribution in [-0.2, 0) is 6.54 Å². The van der Waals surface area contributed by atoms with Gasteiger partial charge in [0.05, 0.1) is 6.61 Å². The van der Waals surface area contributed by atoms with Gasteiger partial charge in [0.2, 0.25) is 0 Å². The summed E-state index contributed by atoms with van der Waals surface area (Å²) in [7, 11) is 1.87. The van der Waals surface area contributed by atoms with Crippen LogP contribution in [0.5, 0.6) is 0 Å². The molecule has 1 aromatic rings. The first-order valence-corrected chi connectivity index (χ1v) is 6.09. The highest BCUT2D eigenvalue weighted by molar-refractivity contribution is 7.80. The Morgan fingerprint density at radius 2 is 2.11 bits per heavy atom. The summed E-state index contributed by atoms with van der Waals surface area (Å²) in [6.45, 7) is 4.30. The molecule has 0 fully saturated rings. The van der Waals surface area contributed by atoms with Gasteiger partial charge in [0.1, 0.15) is 10.8 Å². The maximum atomic E-state index is 13.3. The lowest BCUT2D eigenvalue weighted by atomic mass is 10.0. The third kappa shape index (κ3) is 3.48. The van der Waals surface area contributed by atoms with Crippen LogP contribution >= 0.6 is 12.2 Å². The van der Waals surface area contributed by atoms with Crippen molar-refractivity contribution in [2.75, 3.05) is 13.7 Å². The van der Waals surface area contributed by atoms with Gasteiger partial charge in [0, 0.05) is 17.6 Å². The van der Waals surface area contributed by atoms with E-state index in [2.05, 4.69) is 0 Å². The molecule has 5 heteroatoms. The first-order valence-electron chi connectivity index (χ1n) is 5.68. The molecule has 0 heterocycles. The van der Waals surface area contributed by atoms with Crippen molar-refractivity contribution in [1.82, 2.24) is 4.90 Å². The van der Waals surface area contributed by atoms with Crippen molar-refractivity contribution in [3.8, 4) is 0 Å². The van der Waals surface area contributed by atoms with Crippen molar-refractivity contribution in [1.29, 1.82) is 0 Å². The highest BCUT2D eigenvalue weighted by Gasteiger charge is 2.23. The molecule has 18 heavy (non-hydrogen) atoms. The number of rotatable bonds is 5. The van der Waals surface area contributed by atoms with Gasteiger partial charge in [-0.15, -0.1) is 0 Å². The molecule has 0 spiro atoms. The topological polar surface area (TPSA) is 49.5 Å². The van der Waals surface area contributed by atoms with E-state index in [4.69, 9.17) is 18.0 Å². The van der Waals surface area contributed by atoms with Crippen molar-refractivity contribution in [3.63, 3.8) is 0 Å². The number of nitrogens with two attached hydrogens (primary N) is 1. The number of likely N-dealkylation sites (N-methyl/N-ethyl adjacent to an activating group) is 1. The van der Waals surface area contributed by atoms with Gasteiger partial charge >= 0.3 is 0 Å². The fraction of sp³-hybridized carbons (Fsp3) is 0.462. The number of benzene rings is 1. The normalized spacial score (nSPS) is 11.9. The molecule has 0 saturated carbocycles. The molecule has 0 aliphatic heterocycles. The molecule has 0 unspecified atom stereocenters. The lowest BCUT2D eigenvalue weighted by Gasteiger charge is -2.34. The van der Waals surface area contributed by atoms with Crippen molar-refractivity contribution in [3.05, 3.63) is 35.1 Å². The maximum Gasteiger partial charge on any atom is 0.123 e. The minimum Gasteiger partial charge on any atom is -0.394 e. The number of aliphatic hydroxyl groups is 1. The second-order valence-corrected chi connectivity index (χ2v) is 5.43. The number of halogens is 1. The van der Waals surface area contributed by atoms with Crippen LogP contribution in [0.3, 0.4) is 0 Å². The molecule has 0 aromatic heterocycles. The number of hydrogen-bond donors (Lipinski definition) is 2. The van der Waals surface area contributed by atoms with Gasteiger partial charge in [-0.25, -0.2) is 4.39 Å². The third-order valence-corrected chi connectivity index (χ3v) is 3.38. The van der Waals surface area contributed by atoms with E-state index in [1.165, 1.54) is 12.1 Å². The molecular formula is C13H19FN2OS. The summed E-state index contributed by atoms with van der Waals surface area (Å²) in [4.78, 5) is 2.18. The summed E-state index contributed by atoms with van der Waals surface area (Å²) in [5.41, 5.74) is 6.64. The number of hydrogen-bond acceptors (Lipinski definition) is 3. The lowest BCUT2D eigenvalue weighted by molar-refractivity contribution is 0.0733. The molecule has 1 aromatic carbocycles. The van der Waals surface area contributed by atoms with Crippen LogP contribution in [0.15, 0.2) is 18.2 Å². The second kappa shape index (κ2) is 5.73. The smallest absolute Gasteiger partial charge is 0.123 e. The van der Waals surface area contributed by atoms with Crippen LogP contribution < -0.4 is 5.73 Å². The van der Waals surface area contributed by atoms with Crippen LogP contribution in [0, 0.1) is 5.82 Å². The Labute approximate surface area is 112 Å². The van der Waals surface area contributed by atoms with Crippen LogP contribution in [0.1, 0.15) is 25.0 Å². The second-order valence-electron chi connectivity index (χ2n) is 4.99. The predicted octanol–water partition coefficient (Wildman–Crippen LogP) is 1.66. The van der Waals surface area contributed by atoms with Gasteiger partial charge in [0.15, 0.2) is 0 Å². The molecule has 100 valence electrons. The van der Waals surface area contributed by atoms with E-state index in [0.717, 1.165) is 5.56 Å². The Morgan fingerprint density at radius 1 is 1.50 bits per heavy atom. The van der Waals surface area contributed by atoms with Crippen LogP contribution in [0.2, 0.25) is 0 Å². The molecule has 1 rings (SSSR count). The van der Waals surface area contributed by atoms with E-state index in [9.17, 15) is 9.50 Å². The standard InChI is InChI=1S/C13H19FN2OS/c1-13(2,8-17)16(3)7-9-6-10(14)4-5-11(9)12(15)18/h4-6,17H,7-8H2,1-3H3,(H2,15,18). The van der Waals surface area contributed by atoms with E-state index in [-0.39, 0.29) is 23.0 Å². The summed E-state index contributed by atoms with van der Waals surface area (Å²) >= 11 is 4.95. The minimum absolute atomic E-state index is 0.0151. The molecule has 3 nitrogen and oxygen atoms in total. The zero-order chi connectivity index (χ0) is 13.9. The van der Waals surface area contributed by atoms with Gasteiger partial charge in [0.25, 0.3) is 0 Å². The van der Waals surface area contributed by atoms with E-state index >= 15 is 0 Å². The molecule has 0 radical (unpaired) electrons. The summed E-state index contributed by atoms with van der Waals surface area (Å²) in [6.07, 6.45) is 0. The van der Waals surface area contributed by atoms with E-state index in [1.54, 1.807) is 6.07 Å². The Morgan fingerprint density at radius 3 is 2.61 bits per heavy atom. The number of thiocarbonyl (C=S) groups is 1. The molecule has 0 aliphatic rings. The molecule has 0 saturated heterocycles. The zero-order valence-electron chi connectivity index (χ0n) is 10.9. The van der Waals surface area contributed by atoms with Gasteiger partial charge in [-0.2, -0.15) is 0 Å². The fourth-order valence-corrected chi connectivity index (χ4v) is 1.72. The van der Waals surface area contributed by atoms with E-state index in [0.29, 0.717) is 12.1 Å². The SMILES string of the molecule is CN(Cc1cc(F)ccc1C(N)=S)C(C)(C)CO. The molecule has 0 bridgehead atoms. The summed E-state index contributed by atoms with van der Waals surface area (Å²) in [5.74, 6) is -0.319. The van der Waals surface area contributed by atoms with Crippen molar-refractivity contribution in [2.45, 2.75) is 25.9 Å². The van der Waals surface area contributed by atoms with Crippen LogP contribution in [0.25, 0.3) is 0 Å². The Balaban J connectivity index is 3.03. The Hall–Kier alpha value is -1.04. The Kier molecular flexibility index (Phi) is 4.78. The monoisotopic (exact) mass is 270 g/mol. The average molecular weight is 270 g/mol. The predicted molar refractivity (Wildman–Crippen MR) is 74.9 cm³/mol. The summed E-state index contributed by atoms with van der Waals surface area (Å²) in [6, 6.07) is 4.36. The third-order valence-electron chi connectivity index (χ3n) is 3.16. The van der Waals surface area contributed by atoms with E-state index in [1.807, 2.05) is 25.8 Å². The minimum atomic E-state index is -0.389. The van der Waals surface area contributed by atoms with Gasteiger partial charge in [-0.05, 0) is 44.7 Å². The first-order chi connectivity index (χ1) is 8.27. The molecule has 0 amide bonds. The van der Waals surface area contributed by atoms with Crippen molar-refractivity contribution in [2.24, 2.45) is 5.73 Å². The summed E-state index contributed by atoms with van der Waals surface area (Å²) in [5, 5.41) is 9.31. The fourth-order valence-electron chi connectivity index (χ4n) is 1.52. The van der Waals surface area contributed by atoms with Gasteiger partial charge in [-0.1, -0.05) is 12.2 Å². The Bertz CT molecular complexity index is 449. The van der Waals surface area contributed by atoms with Crippen LogP contribution in [0.4, 0.5) is 4.39 Å². The quantitative estimate of drug-likeness (QED) is 0.799. The molecule has 0 atom stereocenters. The molecule has 3 N–H and O–H groups in total. The highest BCUT2D eigenvalue weighted by Crippen LogP contribution is 2.19. The zero-order valence-corrected chi connectivity index (χ0v) is 11.7.